The minimum atomic E-state index is 0.0846. The van der Waals surface area contributed by atoms with Gasteiger partial charge >= 0.3 is 0 Å². The highest BCUT2D eigenvalue weighted by atomic mass is 32.1. The molecule has 0 N–H and O–H groups in total. The summed E-state index contributed by atoms with van der Waals surface area (Å²) in [6.07, 6.45) is 1.45. The minimum absolute atomic E-state index is 0.0846. The summed E-state index contributed by atoms with van der Waals surface area (Å²) >= 11 is 1.56. The van der Waals surface area contributed by atoms with Crippen LogP contribution in [0, 0.1) is 6.92 Å². The van der Waals surface area contributed by atoms with Crippen LogP contribution in [0.5, 0.6) is 5.75 Å². The summed E-state index contributed by atoms with van der Waals surface area (Å²) in [6, 6.07) is 7.78. The maximum atomic E-state index is 12.5. The zero-order chi connectivity index (χ0) is 19.2. The third kappa shape index (κ3) is 5.07. The van der Waals surface area contributed by atoms with Gasteiger partial charge in [-0.1, -0.05) is 18.2 Å². The number of carbonyl (C=O) groups excluding carboxylic acids is 2. The van der Waals surface area contributed by atoms with E-state index in [1.807, 2.05) is 46.4 Å². The number of nitrogens with zero attached hydrogens (tertiary/aromatic N) is 3. The van der Waals surface area contributed by atoms with Gasteiger partial charge in [0, 0.05) is 38.0 Å². The van der Waals surface area contributed by atoms with E-state index in [4.69, 9.17) is 4.74 Å². The van der Waals surface area contributed by atoms with E-state index in [0.717, 1.165) is 22.0 Å². The summed E-state index contributed by atoms with van der Waals surface area (Å²) in [5, 5.41) is 2.91. The van der Waals surface area contributed by atoms with Crippen molar-refractivity contribution in [2.45, 2.75) is 26.2 Å². The molecule has 7 heteroatoms. The van der Waals surface area contributed by atoms with Crippen LogP contribution in [-0.4, -0.2) is 59.9 Å². The number of ether oxygens (including phenoxy) is 1. The molecule has 3 rings (SSSR count). The molecule has 144 valence electrons. The Kier molecular flexibility index (Phi) is 6.45. The first kappa shape index (κ1) is 19.4. The molecule has 2 aromatic rings. The maximum Gasteiger partial charge on any atom is 0.228 e. The molecule has 1 aromatic carbocycles. The van der Waals surface area contributed by atoms with Crippen LogP contribution in [0.2, 0.25) is 0 Å². The summed E-state index contributed by atoms with van der Waals surface area (Å²) in [6.45, 7) is 4.29. The average molecular weight is 388 g/mol. The summed E-state index contributed by atoms with van der Waals surface area (Å²) in [5.41, 5.74) is 1.87. The molecule has 1 fully saturated rings. The van der Waals surface area contributed by atoms with Crippen molar-refractivity contribution in [3.05, 3.63) is 45.9 Å². The fourth-order valence-electron chi connectivity index (χ4n) is 3.27. The first-order valence-electron chi connectivity index (χ1n) is 9.15. The molecule has 27 heavy (non-hydrogen) atoms. The van der Waals surface area contributed by atoms with Gasteiger partial charge in [0.05, 0.1) is 24.2 Å². The third-order valence-corrected chi connectivity index (χ3v) is 5.61. The number of methoxy groups -OCH3 is 1. The van der Waals surface area contributed by atoms with Crippen LogP contribution in [0.4, 0.5) is 0 Å². The number of thiazole rings is 1. The third-order valence-electron chi connectivity index (χ3n) is 4.78. The maximum absolute atomic E-state index is 12.5. The predicted octanol–water partition coefficient (Wildman–Crippen LogP) is 2.31. The van der Waals surface area contributed by atoms with E-state index < -0.39 is 0 Å². The van der Waals surface area contributed by atoms with Crippen molar-refractivity contribution in [2.75, 3.05) is 33.3 Å². The molecule has 0 spiro atoms. The molecule has 0 unspecified atom stereocenters. The number of rotatable bonds is 6. The van der Waals surface area contributed by atoms with Crippen LogP contribution in [0.15, 0.2) is 29.6 Å². The van der Waals surface area contributed by atoms with E-state index in [1.54, 1.807) is 18.4 Å². The Morgan fingerprint density at radius 2 is 1.78 bits per heavy atom. The van der Waals surface area contributed by atoms with E-state index in [9.17, 15) is 9.59 Å². The average Bonchev–Trinajstić information content (AvgIpc) is 3.11. The number of para-hydroxylation sites is 1. The fourth-order valence-corrected chi connectivity index (χ4v) is 3.88. The molecule has 0 atom stereocenters. The molecule has 0 radical (unpaired) electrons. The Hall–Kier alpha value is -2.41. The van der Waals surface area contributed by atoms with Crippen molar-refractivity contribution in [1.82, 2.24) is 14.8 Å². The lowest BCUT2D eigenvalue weighted by Gasteiger charge is -2.34. The van der Waals surface area contributed by atoms with E-state index in [0.29, 0.717) is 45.4 Å². The first-order chi connectivity index (χ1) is 13.1. The lowest BCUT2D eigenvalue weighted by atomic mass is 10.1. The van der Waals surface area contributed by atoms with Crippen LogP contribution < -0.4 is 4.74 Å². The Labute approximate surface area is 163 Å². The Morgan fingerprint density at radius 1 is 1.11 bits per heavy atom. The Balaban J connectivity index is 1.45. The van der Waals surface area contributed by atoms with E-state index >= 15 is 0 Å². The number of amides is 2. The summed E-state index contributed by atoms with van der Waals surface area (Å²) in [5.74, 6) is 1.03. The van der Waals surface area contributed by atoms with Gasteiger partial charge in [0.2, 0.25) is 11.8 Å². The van der Waals surface area contributed by atoms with E-state index in [1.165, 1.54) is 0 Å². The molecule has 0 bridgehead atoms. The first-order valence-corrected chi connectivity index (χ1v) is 10.0. The number of hydrogen-bond acceptors (Lipinski definition) is 5. The normalized spacial score (nSPS) is 14.3. The highest BCUT2D eigenvalue weighted by Gasteiger charge is 2.24. The summed E-state index contributed by atoms with van der Waals surface area (Å²) in [7, 11) is 1.64. The van der Waals surface area contributed by atoms with Gasteiger partial charge in [0.25, 0.3) is 0 Å². The number of aromatic nitrogens is 1. The second-order valence-electron chi connectivity index (χ2n) is 6.61. The van der Waals surface area contributed by atoms with Gasteiger partial charge in [-0.3, -0.25) is 9.59 Å². The molecular weight excluding hydrogens is 362 g/mol. The second kappa shape index (κ2) is 8.99. The molecular formula is C20H25N3O3S. The van der Waals surface area contributed by atoms with Crippen molar-refractivity contribution >= 4 is 23.2 Å². The minimum Gasteiger partial charge on any atom is -0.496 e. The van der Waals surface area contributed by atoms with Gasteiger partial charge in [0.15, 0.2) is 0 Å². The van der Waals surface area contributed by atoms with Gasteiger partial charge < -0.3 is 14.5 Å². The smallest absolute Gasteiger partial charge is 0.228 e. The zero-order valence-corrected chi connectivity index (χ0v) is 16.6. The van der Waals surface area contributed by atoms with Gasteiger partial charge in [-0.25, -0.2) is 4.98 Å². The standard InChI is InChI=1S/C20H25N3O3S/c1-15-21-17(14-27-15)13-20(25)23-11-9-22(10-12-23)19(24)8-7-16-5-3-4-6-18(16)26-2/h3-6,14H,7-13H2,1-2H3. The van der Waals surface area contributed by atoms with Crippen LogP contribution in [0.3, 0.4) is 0 Å². The van der Waals surface area contributed by atoms with Gasteiger partial charge in [-0.2, -0.15) is 0 Å². The van der Waals surface area contributed by atoms with Gasteiger partial charge in [0.1, 0.15) is 5.75 Å². The van der Waals surface area contributed by atoms with Crippen molar-refractivity contribution in [2.24, 2.45) is 0 Å². The number of carbonyl (C=O) groups is 2. The molecule has 1 aromatic heterocycles. The molecule has 2 amide bonds. The fraction of sp³-hybridized carbons (Fsp3) is 0.450. The molecule has 1 saturated heterocycles. The van der Waals surface area contributed by atoms with Crippen molar-refractivity contribution in [3.63, 3.8) is 0 Å². The number of hydrogen-bond donors (Lipinski definition) is 0. The molecule has 1 aliphatic heterocycles. The van der Waals surface area contributed by atoms with Crippen LogP contribution in [-0.2, 0) is 22.4 Å². The van der Waals surface area contributed by atoms with Crippen molar-refractivity contribution < 1.29 is 14.3 Å². The van der Waals surface area contributed by atoms with Crippen molar-refractivity contribution in [1.29, 1.82) is 0 Å². The summed E-state index contributed by atoms with van der Waals surface area (Å²) < 4.78 is 5.34. The SMILES string of the molecule is COc1ccccc1CCC(=O)N1CCN(C(=O)Cc2csc(C)n2)CC1. The van der Waals surface area contributed by atoms with Gasteiger partial charge in [-0.15, -0.1) is 11.3 Å². The van der Waals surface area contributed by atoms with Crippen LogP contribution in [0.25, 0.3) is 0 Å². The van der Waals surface area contributed by atoms with Crippen LogP contribution >= 0.6 is 11.3 Å². The lowest BCUT2D eigenvalue weighted by molar-refractivity contribution is -0.139. The van der Waals surface area contributed by atoms with E-state index in [2.05, 4.69) is 4.98 Å². The Bertz CT molecular complexity index is 797. The Morgan fingerprint density at radius 3 is 2.41 bits per heavy atom. The quantitative estimate of drug-likeness (QED) is 0.763. The molecule has 2 heterocycles. The molecule has 0 aliphatic carbocycles. The van der Waals surface area contributed by atoms with Crippen LogP contribution in [0.1, 0.15) is 22.7 Å². The van der Waals surface area contributed by atoms with Gasteiger partial charge in [-0.05, 0) is 25.0 Å². The second-order valence-corrected chi connectivity index (χ2v) is 7.67. The number of piperazine rings is 1. The molecule has 6 nitrogen and oxygen atoms in total. The van der Waals surface area contributed by atoms with Crippen molar-refractivity contribution in [3.8, 4) is 5.75 Å². The topological polar surface area (TPSA) is 62.7 Å². The highest BCUT2D eigenvalue weighted by molar-refractivity contribution is 7.09. The number of benzene rings is 1. The lowest BCUT2D eigenvalue weighted by Crippen LogP contribution is -2.51. The largest absolute Gasteiger partial charge is 0.496 e. The zero-order valence-electron chi connectivity index (χ0n) is 15.8. The molecule has 1 aliphatic rings. The summed E-state index contributed by atoms with van der Waals surface area (Å²) in [4.78, 5) is 33.0. The predicted molar refractivity (Wildman–Crippen MR) is 105 cm³/mol. The number of aryl methyl sites for hydroxylation is 2. The monoisotopic (exact) mass is 387 g/mol. The van der Waals surface area contributed by atoms with E-state index in [-0.39, 0.29) is 11.8 Å². The highest BCUT2D eigenvalue weighted by Crippen LogP contribution is 2.19. The molecule has 0 saturated carbocycles.